The summed E-state index contributed by atoms with van der Waals surface area (Å²) in [6.45, 7) is 4.29. The van der Waals surface area contributed by atoms with Gasteiger partial charge in [-0.3, -0.25) is 0 Å². The topological polar surface area (TPSA) is 86.7 Å². The summed E-state index contributed by atoms with van der Waals surface area (Å²) in [5, 5.41) is 25.9. The predicted octanol–water partition coefficient (Wildman–Crippen LogP) is 2.98. The van der Waals surface area contributed by atoms with Gasteiger partial charge in [0.1, 0.15) is 0 Å². The molecule has 2 unspecified atom stereocenters. The SMILES string of the molecule is CC(CCc1c(CCC(C)N(C)C)c2c3c(cccc3c1C(=O)[O-])-c1ccc(C(=O)[O-])cc1-2)N(C)C. The number of carbonyl (C=O) groups excluding carboxylic acids is 2. The average molecular weight is 487 g/mol. The Morgan fingerprint density at radius 2 is 1.39 bits per heavy atom. The van der Waals surface area contributed by atoms with Gasteiger partial charge in [-0.15, -0.1) is 0 Å². The van der Waals surface area contributed by atoms with Crippen molar-refractivity contribution in [3.05, 3.63) is 58.7 Å². The van der Waals surface area contributed by atoms with Gasteiger partial charge in [-0.1, -0.05) is 30.3 Å². The molecule has 0 amide bonds. The number of fused-ring (bicyclic) bond motifs is 3. The lowest BCUT2D eigenvalue weighted by Gasteiger charge is -2.26. The smallest absolute Gasteiger partial charge is 0.0724 e. The third-order valence-electron chi connectivity index (χ3n) is 7.96. The standard InChI is InChI=1S/C30H36N2O4/c1-17(31(3)4)10-13-22-23(14-11-18(2)32(5)6)28(30(35)36)24-9-7-8-21-20-15-12-19(29(33)34)16-25(20)27(22)26(21)24/h7-9,12,15-18H,10-11,13-14H2,1-6H3,(H,33,34)(H,35,36)/p-2. The lowest BCUT2D eigenvalue weighted by atomic mass is 9.83. The van der Waals surface area contributed by atoms with Crippen LogP contribution in [0.15, 0.2) is 36.4 Å². The van der Waals surface area contributed by atoms with E-state index in [-0.39, 0.29) is 17.2 Å². The Morgan fingerprint density at radius 3 is 1.94 bits per heavy atom. The summed E-state index contributed by atoms with van der Waals surface area (Å²) < 4.78 is 0. The Kier molecular flexibility index (Phi) is 7.21. The van der Waals surface area contributed by atoms with E-state index in [2.05, 4.69) is 23.6 Å². The minimum atomic E-state index is -1.22. The van der Waals surface area contributed by atoms with Gasteiger partial charge in [0, 0.05) is 17.6 Å². The van der Waals surface area contributed by atoms with Gasteiger partial charge in [-0.25, -0.2) is 0 Å². The molecule has 1 aliphatic carbocycles. The molecule has 1 aliphatic rings. The van der Waals surface area contributed by atoms with Crippen molar-refractivity contribution in [3.63, 3.8) is 0 Å². The summed E-state index contributed by atoms with van der Waals surface area (Å²) in [5.41, 5.74) is 5.83. The van der Waals surface area contributed by atoms with Gasteiger partial charge in [-0.05, 0) is 124 Å². The van der Waals surface area contributed by atoms with E-state index < -0.39 is 11.9 Å². The van der Waals surface area contributed by atoms with Crippen molar-refractivity contribution < 1.29 is 19.8 Å². The van der Waals surface area contributed by atoms with Gasteiger partial charge >= 0.3 is 0 Å². The van der Waals surface area contributed by atoms with Gasteiger partial charge < -0.3 is 29.6 Å². The quantitative estimate of drug-likeness (QED) is 0.343. The Morgan fingerprint density at radius 1 is 0.778 bits per heavy atom. The van der Waals surface area contributed by atoms with Gasteiger partial charge in [0.05, 0.1) is 11.9 Å². The van der Waals surface area contributed by atoms with E-state index in [1.54, 1.807) is 12.1 Å². The Labute approximate surface area is 213 Å². The molecular formula is C30H34N2O4-2. The zero-order chi connectivity index (χ0) is 26.3. The molecule has 0 saturated heterocycles. The van der Waals surface area contributed by atoms with Crippen LogP contribution in [0.5, 0.6) is 0 Å². The molecule has 190 valence electrons. The molecule has 0 spiro atoms. The second-order valence-electron chi connectivity index (χ2n) is 10.5. The molecule has 0 bridgehead atoms. The van der Waals surface area contributed by atoms with Crippen LogP contribution in [0.1, 0.15) is 58.5 Å². The van der Waals surface area contributed by atoms with Crippen LogP contribution in [0.3, 0.4) is 0 Å². The molecule has 6 nitrogen and oxygen atoms in total. The molecule has 2 atom stereocenters. The average Bonchev–Trinajstić information content (AvgIpc) is 3.16. The molecule has 0 radical (unpaired) electrons. The van der Waals surface area contributed by atoms with E-state index in [0.717, 1.165) is 51.6 Å². The first-order chi connectivity index (χ1) is 17.0. The molecule has 0 fully saturated rings. The second kappa shape index (κ2) is 10.0. The van der Waals surface area contributed by atoms with Crippen LogP contribution in [-0.2, 0) is 12.8 Å². The van der Waals surface area contributed by atoms with Crippen LogP contribution >= 0.6 is 0 Å². The molecule has 0 saturated carbocycles. The minimum Gasteiger partial charge on any atom is -0.545 e. The molecule has 4 rings (SSSR count). The lowest BCUT2D eigenvalue weighted by molar-refractivity contribution is -0.256. The van der Waals surface area contributed by atoms with E-state index in [1.165, 1.54) is 0 Å². The maximum absolute atomic E-state index is 12.7. The number of nitrogens with zero attached hydrogens (tertiary/aromatic N) is 2. The molecule has 0 aliphatic heterocycles. The van der Waals surface area contributed by atoms with Gasteiger partial charge in [0.15, 0.2) is 0 Å². The Bertz CT molecular complexity index is 1340. The summed E-state index contributed by atoms with van der Waals surface area (Å²) in [6.07, 6.45) is 2.91. The number of carboxylic acids is 2. The number of carbonyl (C=O) groups is 2. The minimum absolute atomic E-state index is 0.120. The number of carboxylic acid groups (broad SMARTS) is 2. The first-order valence-corrected chi connectivity index (χ1v) is 12.5. The summed E-state index contributed by atoms with van der Waals surface area (Å²) in [7, 11) is 8.12. The number of rotatable bonds is 10. The fourth-order valence-corrected chi connectivity index (χ4v) is 5.29. The highest BCUT2D eigenvalue weighted by Crippen LogP contribution is 2.51. The van der Waals surface area contributed by atoms with Crippen molar-refractivity contribution in [2.75, 3.05) is 28.2 Å². The summed E-state index contributed by atoms with van der Waals surface area (Å²) in [6, 6.07) is 11.3. The number of hydrogen-bond donors (Lipinski definition) is 0. The van der Waals surface area contributed by atoms with Gasteiger partial charge in [0.25, 0.3) is 0 Å². The second-order valence-corrected chi connectivity index (χ2v) is 10.5. The lowest BCUT2D eigenvalue weighted by Crippen LogP contribution is -2.28. The highest BCUT2D eigenvalue weighted by molar-refractivity contribution is 6.21. The van der Waals surface area contributed by atoms with Crippen LogP contribution in [0.4, 0.5) is 0 Å². The fraction of sp³-hybridized carbons (Fsp3) is 0.400. The first-order valence-electron chi connectivity index (χ1n) is 12.5. The predicted molar refractivity (Wildman–Crippen MR) is 140 cm³/mol. The fourth-order valence-electron chi connectivity index (χ4n) is 5.29. The molecule has 3 aromatic carbocycles. The van der Waals surface area contributed by atoms with Crippen molar-refractivity contribution in [1.29, 1.82) is 0 Å². The van der Waals surface area contributed by atoms with Crippen LogP contribution in [0.25, 0.3) is 33.0 Å². The monoisotopic (exact) mass is 486 g/mol. The molecule has 3 aromatic rings. The number of aromatic carboxylic acids is 2. The van der Waals surface area contributed by atoms with Crippen LogP contribution in [0, 0.1) is 0 Å². The van der Waals surface area contributed by atoms with Crippen molar-refractivity contribution in [2.45, 2.75) is 51.6 Å². The van der Waals surface area contributed by atoms with Gasteiger partial charge in [0.2, 0.25) is 0 Å². The van der Waals surface area contributed by atoms with E-state index in [1.807, 2.05) is 52.5 Å². The maximum atomic E-state index is 12.7. The highest BCUT2D eigenvalue weighted by Gasteiger charge is 2.29. The first kappa shape index (κ1) is 25.9. The molecule has 36 heavy (non-hydrogen) atoms. The Hall–Kier alpha value is -3.22. The number of hydrogen-bond acceptors (Lipinski definition) is 6. The van der Waals surface area contributed by atoms with Crippen LogP contribution in [-0.4, -0.2) is 62.0 Å². The molecular weight excluding hydrogens is 452 g/mol. The molecule has 6 heteroatoms. The van der Waals surface area contributed by atoms with E-state index in [9.17, 15) is 19.8 Å². The van der Waals surface area contributed by atoms with Crippen molar-refractivity contribution in [3.8, 4) is 22.3 Å². The molecule has 0 aromatic heterocycles. The van der Waals surface area contributed by atoms with E-state index in [0.29, 0.717) is 24.3 Å². The summed E-state index contributed by atoms with van der Waals surface area (Å²) in [5.74, 6) is -2.39. The van der Waals surface area contributed by atoms with Crippen molar-refractivity contribution in [1.82, 2.24) is 9.80 Å². The van der Waals surface area contributed by atoms with Crippen LogP contribution in [0.2, 0.25) is 0 Å². The van der Waals surface area contributed by atoms with E-state index in [4.69, 9.17) is 0 Å². The van der Waals surface area contributed by atoms with Crippen molar-refractivity contribution >= 4 is 22.7 Å². The largest absolute Gasteiger partial charge is 0.545 e. The summed E-state index contributed by atoms with van der Waals surface area (Å²) in [4.78, 5) is 28.7. The Balaban J connectivity index is 2.04. The zero-order valence-corrected chi connectivity index (χ0v) is 22.0. The molecule has 0 N–H and O–H groups in total. The molecule has 0 heterocycles. The third-order valence-corrected chi connectivity index (χ3v) is 7.96. The third kappa shape index (κ3) is 4.51. The highest BCUT2D eigenvalue weighted by atomic mass is 16.4. The normalized spacial score (nSPS) is 13.9. The zero-order valence-electron chi connectivity index (χ0n) is 22.0. The van der Waals surface area contributed by atoms with E-state index >= 15 is 0 Å². The van der Waals surface area contributed by atoms with Crippen LogP contribution < -0.4 is 10.2 Å². The maximum Gasteiger partial charge on any atom is 0.0724 e. The van der Waals surface area contributed by atoms with Crippen molar-refractivity contribution in [2.24, 2.45) is 0 Å². The summed E-state index contributed by atoms with van der Waals surface area (Å²) >= 11 is 0. The van der Waals surface area contributed by atoms with Gasteiger partial charge in [-0.2, -0.15) is 0 Å². The number of benzene rings is 3.